The molecule has 4 atom stereocenters. The van der Waals surface area contributed by atoms with E-state index < -0.39 is 17.6 Å². The monoisotopic (exact) mass is 262 g/mol. The molecule has 0 unspecified atom stereocenters. The van der Waals surface area contributed by atoms with Crippen molar-refractivity contribution in [2.45, 2.75) is 36.9 Å². The molecule has 2 heterocycles. The lowest BCUT2D eigenvalue weighted by molar-refractivity contribution is -0.759. The summed E-state index contributed by atoms with van der Waals surface area (Å²) in [5, 5.41) is 26.1. The van der Waals surface area contributed by atoms with Gasteiger partial charge in [0.15, 0.2) is 0 Å². The maximum Gasteiger partial charge on any atom is 0.138 e. The lowest BCUT2D eigenvalue weighted by Gasteiger charge is -2.43. The van der Waals surface area contributed by atoms with Crippen LogP contribution in [0.25, 0.3) is 0 Å². The van der Waals surface area contributed by atoms with E-state index in [4.69, 9.17) is 0 Å². The van der Waals surface area contributed by atoms with Crippen molar-refractivity contribution in [2.75, 3.05) is 11.9 Å². The average Bonchev–Trinajstić information content (AvgIpc) is 2.78. The van der Waals surface area contributed by atoms with Crippen molar-refractivity contribution in [3.05, 3.63) is 29.8 Å². The highest BCUT2D eigenvalue weighted by Crippen LogP contribution is 2.42. The number of fused-ring (bicyclic) bond motifs is 3. The summed E-state index contributed by atoms with van der Waals surface area (Å²) in [5.41, 5.74) is 1.64. The van der Waals surface area contributed by atoms with Crippen LogP contribution in [-0.4, -0.2) is 35.3 Å². The van der Waals surface area contributed by atoms with Crippen LogP contribution in [0.2, 0.25) is 0 Å². The van der Waals surface area contributed by atoms with E-state index in [1.807, 2.05) is 31.2 Å². The van der Waals surface area contributed by atoms with Crippen LogP contribution in [0.1, 0.15) is 24.8 Å². The van der Waals surface area contributed by atoms with Crippen LogP contribution in [0.15, 0.2) is 24.3 Å². The maximum atomic E-state index is 11.2. The summed E-state index contributed by atoms with van der Waals surface area (Å²) in [5.74, 6) is -0.941. The highest BCUT2D eigenvalue weighted by Gasteiger charge is 2.52. The molecule has 19 heavy (non-hydrogen) atoms. The first-order chi connectivity index (χ1) is 9.05. The molecule has 0 aliphatic carbocycles. The van der Waals surface area contributed by atoms with Crippen LogP contribution < -0.4 is 15.7 Å². The molecule has 1 aromatic carbocycles. The van der Waals surface area contributed by atoms with Crippen molar-refractivity contribution < 1.29 is 20.3 Å². The number of carboxylic acid groups (broad SMARTS) is 1. The molecule has 1 aromatic rings. The number of hydrogen-bond acceptors (Lipinski definition) is 4. The minimum absolute atomic E-state index is 0.0468. The summed E-state index contributed by atoms with van der Waals surface area (Å²) < 4.78 is 0. The molecular weight excluding hydrogens is 244 g/mol. The molecule has 0 bridgehead atoms. The van der Waals surface area contributed by atoms with Crippen molar-refractivity contribution >= 4 is 11.7 Å². The number of carbonyl (C=O) groups is 1. The fourth-order valence-corrected chi connectivity index (χ4v) is 3.51. The van der Waals surface area contributed by atoms with E-state index in [1.165, 1.54) is 0 Å². The molecule has 3 rings (SSSR count). The quantitative estimate of drug-likeness (QED) is 0.599. The second-order valence-electron chi connectivity index (χ2n) is 5.81. The number of piperidine rings is 1. The van der Waals surface area contributed by atoms with Gasteiger partial charge in [0.1, 0.15) is 11.6 Å². The van der Waals surface area contributed by atoms with Crippen LogP contribution in [0.3, 0.4) is 0 Å². The van der Waals surface area contributed by atoms with Gasteiger partial charge in [-0.3, -0.25) is 0 Å². The maximum absolute atomic E-state index is 11.2. The second kappa shape index (κ2) is 4.21. The van der Waals surface area contributed by atoms with E-state index in [0.29, 0.717) is 6.42 Å². The Kier molecular flexibility index (Phi) is 2.76. The van der Waals surface area contributed by atoms with Gasteiger partial charge in [-0.2, -0.15) is 0 Å². The minimum atomic E-state index is -1.05. The Balaban J connectivity index is 2.01. The van der Waals surface area contributed by atoms with Gasteiger partial charge in [-0.1, -0.05) is 18.2 Å². The standard InChI is InChI=1S/C14H18N2O3/c1-14(7-17)12-9(6-11(16-14)13(18)19)8-4-2-3-5-10(8)15-12/h2-5,9,11-12,15-17H,6-7H2,1H3,(H,18,19)/t9-,11-,12+,14-/m0/s1. The van der Waals surface area contributed by atoms with Crippen molar-refractivity contribution in [2.24, 2.45) is 0 Å². The summed E-state index contributed by atoms with van der Waals surface area (Å²) in [6.45, 7) is 1.83. The molecule has 102 valence electrons. The molecule has 2 aliphatic heterocycles. The van der Waals surface area contributed by atoms with Crippen LogP contribution in [0, 0.1) is 0 Å². The normalized spacial score (nSPS) is 36.2. The zero-order chi connectivity index (χ0) is 13.6. The molecule has 2 aliphatic rings. The number of nitrogens with one attached hydrogen (secondary N) is 1. The van der Waals surface area contributed by atoms with E-state index in [2.05, 4.69) is 5.32 Å². The third-order valence-corrected chi connectivity index (χ3v) is 4.52. The van der Waals surface area contributed by atoms with E-state index >= 15 is 0 Å². The number of aliphatic carboxylic acids is 1. The fourth-order valence-electron chi connectivity index (χ4n) is 3.51. The van der Waals surface area contributed by atoms with Crippen LogP contribution in [-0.2, 0) is 4.79 Å². The number of aliphatic hydroxyl groups excluding tert-OH is 1. The number of quaternary nitrogens is 1. The molecule has 5 nitrogen and oxygen atoms in total. The zero-order valence-corrected chi connectivity index (χ0v) is 10.8. The Morgan fingerprint density at radius 2 is 2.32 bits per heavy atom. The lowest BCUT2D eigenvalue weighted by Crippen LogP contribution is -3.07. The molecule has 4 N–H and O–H groups in total. The Labute approximate surface area is 111 Å². The number of benzene rings is 1. The topological polar surface area (TPSA) is 89.0 Å². The highest BCUT2D eigenvalue weighted by molar-refractivity contribution is 5.70. The summed E-state index contributed by atoms with van der Waals surface area (Å²) in [4.78, 5) is 11.2. The SMILES string of the molecule is C[C@@]1(CO)[NH2+][C@H](C(=O)[O-])C[C@H]2c3ccccc3N[C@H]21. The van der Waals surface area contributed by atoms with E-state index in [1.54, 1.807) is 5.32 Å². The molecule has 1 saturated heterocycles. The van der Waals surface area contributed by atoms with Crippen molar-refractivity contribution in [1.29, 1.82) is 0 Å². The van der Waals surface area contributed by atoms with E-state index in [9.17, 15) is 15.0 Å². The Bertz CT molecular complexity index is 519. The first kappa shape index (κ1) is 12.4. The predicted octanol–water partition coefficient (Wildman–Crippen LogP) is -1.60. The number of nitrogens with two attached hydrogens (primary N) is 1. The highest BCUT2D eigenvalue weighted by atomic mass is 16.4. The van der Waals surface area contributed by atoms with Gasteiger partial charge in [-0.05, 0) is 18.6 Å². The largest absolute Gasteiger partial charge is 0.544 e. The molecular formula is C14H18N2O3. The van der Waals surface area contributed by atoms with Gasteiger partial charge < -0.3 is 25.6 Å². The number of para-hydroxylation sites is 1. The number of carbonyl (C=O) groups excluding carboxylic acids is 1. The second-order valence-corrected chi connectivity index (χ2v) is 5.81. The number of carboxylic acids is 1. The molecule has 0 aromatic heterocycles. The Morgan fingerprint density at radius 3 is 3.00 bits per heavy atom. The number of aliphatic hydroxyl groups is 1. The molecule has 0 radical (unpaired) electrons. The van der Waals surface area contributed by atoms with Gasteiger partial charge in [0.25, 0.3) is 0 Å². The summed E-state index contributed by atoms with van der Waals surface area (Å²) >= 11 is 0. The number of hydrogen-bond donors (Lipinski definition) is 3. The van der Waals surface area contributed by atoms with Crippen molar-refractivity contribution in [3.8, 4) is 0 Å². The molecule has 0 spiro atoms. The van der Waals surface area contributed by atoms with Gasteiger partial charge in [0, 0.05) is 18.0 Å². The number of anilines is 1. The van der Waals surface area contributed by atoms with Gasteiger partial charge in [-0.25, -0.2) is 0 Å². The van der Waals surface area contributed by atoms with Gasteiger partial charge in [0.2, 0.25) is 0 Å². The van der Waals surface area contributed by atoms with Crippen molar-refractivity contribution in [3.63, 3.8) is 0 Å². The summed E-state index contributed by atoms with van der Waals surface area (Å²) in [7, 11) is 0. The van der Waals surface area contributed by atoms with Gasteiger partial charge in [0.05, 0.1) is 18.6 Å². The van der Waals surface area contributed by atoms with Gasteiger partial charge in [-0.15, -0.1) is 0 Å². The third-order valence-electron chi connectivity index (χ3n) is 4.52. The van der Waals surface area contributed by atoms with Crippen molar-refractivity contribution in [1.82, 2.24) is 0 Å². The fraction of sp³-hybridized carbons (Fsp3) is 0.500. The summed E-state index contributed by atoms with van der Waals surface area (Å²) in [6, 6.07) is 7.39. The first-order valence-corrected chi connectivity index (χ1v) is 6.58. The number of rotatable bonds is 2. The van der Waals surface area contributed by atoms with E-state index in [0.717, 1.165) is 11.3 Å². The smallest absolute Gasteiger partial charge is 0.138 e. The van der Waals surface area contributed by atoms with E-state index in [-0.39, 0.29) is 18.6 Å². The molecule has 1 fully saturated rings. The van der Waals surface area contributed by atoms with Gasteiger partial charge >= 0.3 is 0 Å². The van der Waals surface area contributed by atoms with Crippen LogP contribution in [0.4, 0.5) is 5.69 Å². The predicted molar refractivity (Wildman–Crippen MR) is 67.4 cm³/mol. The third kappa shape index (κ3) is 1.81. The molecule has 5 heteroatoms. The minimum Gasteiger partial charge on any atom is -0.544 e. The Morgan fingerprint density at radius 1 is 1.58 bits per heavy atom. The Hall–Kier alpha value is -1.59. The lowest BCUT2D eigenvalue weighted by atomic mass is 9.75. The first-order valence-electron chi connectivity index (χ1n) is 6.58. The molecule has 0 amide bonds. The van der Waals surface area contributed by atoms with Crippen LogP contribution in [0.5, 0.6) is 0 Å². The van der Waals surface area contributed by atoms with Crippen LogP contribution >= 0.6 is 0 Å². The zero-order valence-electron chi connectivity index (χ0n) is 10.8. The molecule has 0 saturated carbocycles. The average molecular weight is 262 g/mol. The summed E-state index contributed by atoms with van der Waals surface area (Å²) in [6.07, 6.45) is 0.534.